The first-order valence-electron chi connectivity index (χ1n) is 8.63. The van der Waals surface area contributed by atoms with Gasteiger partial charge in [-0.3, -0.25) is 0 Å². The van der Waals surface area contributed by atoms with Crippen molar-refractivity contribution in [1.82, 2.24) is 18.8 Å². The van der Waals surface area contributed by atoms with Crippen molar-refractivity contribution >= 4 is 15.8 Å². The maximum absolute atomic E-state index is 12.8. The summed E-state index contributed by atoms with van der Waals surface area (Å²) in [5.41, 5.74) is 0.0115. The summed E-state index contributed by atoms with van der Waals surface area (Å²) in [4.78, 5) is 10.8. The molecule has 0 amide bonds. The molecule has 7 nitrogen and oxygen atoms in total. The Balaban J connectivity index is 1.53. The average Bonchev–Trinajstić information content (AvgIpc) is 3.23. The van der Waals surface area contributed by atoms with Crippen LogP contribution in [0.3, 0.4) is 0 Å². The Labute approximate surface area is 148 Å². The highest BCUT2D eigenvalue weighted by molar-refractivity contribution is 7.89. The monoisotopic (exact) mass is 361 g/mol. The summed E-state index contributed by atoms with van der Waals surface area (Å²) in [6, 6.07) is 5.94. The Kier molecular flexibility index (Phi) is 4.04. The zero-order valence-corrected chi connectivity index (χ0v) is 15.2. The molecule has 0 N–H and O–H groups in total. The standard InChI is InChI=1S/C17H23N5O2S/c1-20-11-16(19-14-20)25(23,24)22-10-7-17(13-22)6-4-9-21(12-17)15-5-2-3-8-18-15/h2-3,5,8,11,14H,4,6-7,9-10,12-13H2,1H3/t17-/m1/s1. The second-order valence-electron chi connectivity index (χ2n) is 7.18. The highest BCUT2D eigenvalue weighted by Gasteiger charge is 2.45. The minimum absolute atomic E-state index is 0.0115. The van der Waals surface area contributed by atoms with Gasteiger partial charge in [-0.1, -0.05) is 6.07 Å². The van der Waals surface area contributed by atoms with Crippen LogP contribution in [0.4, 0.5) is 5.82 Å². The molecule has 1 atom stereocenters. The van der Waals surface area contributed by atoms with Crippen molar-refractivity contribution in [3.8, 4) is 0 Å². The molecule has 0 unspecified atom stereocenters. The van der Waals surface area contributed by atoms with Gasteiger partial charge in [0.05, 0.1) is 6.33 Å². The lowest BCUT2D eigenvalue weighted by atomic mass is 9.79. The van der Waals surface area contributed by atoms with E-state index in [1.165, 1.54) is 6.33 Å². The van der Waals surface area contributed by atoms with Crippen molar-refractivity contribution in [3.05, 3.63) is 36.9 Å². The largest absolute Gasteiger partial charge is 0.356 e. The lowest BCUT2D eigenvalue weighted by Crippen LogP contribution is -2.45. The molecular formula is C17H23N5O2S. The molecule has 0 saturated carbocycles. The molecule has 2 fully saturated rings. The molecule has 0 aromatic carbocycles. The predicted molar refractivity (Wildman–Crippen MR) is 94.7 cm³/mol. The van der Waals surface area contributed by atoms with Gasteiger partial charge in [0.15, 0.2) is 5.03 Å². The SMILES string of the molecule is Cn1cnc(S(=O)(=O)N2CC[C@@]3(CCCN(c4ccccn4)C3)C2)c1. The van der Waals surface area contributed by atoms with E-state index in [1.807, 2.05) is 24.4 Å². The van der Waals surface area contributed by atoms with Crippen LogP contribution in [0.1, 0.15) is 19.3 Å². The highest BCUT2D eigenvalue weighted by atomic mass is 32.2. The van der Waals surface area contributed by atoms with Gasteiger partial charge in [-0.15, -0.1) is 0 Å². The van der Waals surface area contributed by atoms with Crippen molar-refractivity contribution in [1.29, 1.82) is 0 Å². The summed E-state index contributed by atoms with van der Waals surface area (Å²) in [5, 5.41) is 0.143. The Hall–Kier alpha value is -1.93. The maximum atomic E-state index is 12.8. The third-order valence-corrected chi connectivity index (χ3v) is 7.05. The number of aromatic nitrogens is 3. The number of aryl methyl sites for hydroxylation is 1. The minimum Gasteiger partial charge on any atom is -0.356 e. The molecule has 2 aliphatic rings. The van der Waals surface area contributed by atoms with Crippen LogP contribution in [-0.4, -0.2) is 53.4 Å². The summed E-state index contributed by atoms with van der Waals surface area (Å²) < 4.78 is 29.0. The van der Waals surface area contributed by atoms with Crippen LogP contribution >= 0.6 is 0 Å². The molecule has 2 saturated heterocycles. The molecule has 0 radical (unpaired) electrons. The molecule has 2 aromatic heterocycles. The summed E-state index contributed by atoms with van der Waals surface area (Å²) in [7, 11) is -1.73. The predicted octanol–water partition coefficient (Wildman–Crippen LogP) is 1.50. The third-order valence-electron chi connectivity index (χ3n) is 5.32. The van der Waals surface area contributed by atoms with Gasteiger partial charge in [-0.05, 0) is 31.4 Å². The Bertz CT molecular complexity index is 851. The molecule has 4 rings (SSSR count). The summed E-state index contributed by atoms with van der Waals surface area (Å²) in [5.74, 6) is 0.979. The fraction of sp³-hybridized carbons (Fsp3) is 0.529. The van der Waals surface area contributed by atoms with E-state index in [-0.39, 0.29) is 10.4 Å². The first-order valence-corrected chi connectivity index (χ1v) is 10.1. The van der Waals surface area contributed by atoms with Gasteiger partial charge in [0.1, 0.15) is 5.82 Å². The van der Waals surface area contributed by atoms with Crippen LogP contribution in [-0.2, 0) is 17.1 Å². The van der Waals surface area contributed by atoms with E-state index in [1.54, 1.807) is 22.1 Å². The zero-order valence-electron chi connectivity index (χ0n) is 14.4. The number of hydrogen-bond donors (Lipinski definition) is 0. The number of imidazole rings is 1. The Morgan fingerprint density at radius 1 is 1.12 bits per heavy atom. The summed E-state index contributed by atoms with van der Waals surface area (Å²) in [6.07, 6.45) is 7.92. The Morgan fingerprint density at radius 3 is 2.72 bits per heavy atom. The zero-order chi connectivity index (χ0) is 17.5. The van der Waals surface area contributed by atoms with Crippen LogP contribution in [0.25, 0.3) is 0 Å². The van der Waals surface area contributed by atoms with E-state index < -0.39 is 10.0 Å². The van der Waals surface area contributed by atoms with E-state index in [4.69, 9.17) is 0 Å². The molecule has 2 aliphatic heterocycles. The Morgan fingerprint density at radius 2 is 2.00 bits per heavy atom. The third kappa shape index (κ3) is 3.04. The highest BCUT2D eigenvalue weighted by Crippen LogP contribution is 2.41. The number of rotatable bonds is 3. The van der Waals surface area contributed by atoms with E-state index >= 15 is 0 Å². The van der Waals surface area contributed by atoms with Crippen molar-refractivity contribution in [2.24, 2.45) is 12.5 Å². The van der Waals surface area contributed by atoms with E-state index in [9.17, 15) is 8.42 Å². The first kappa shape index (κ1) is 16.5. The maximum Gasteiger partial charge on any atom is 0.262 e. The number of nitrogens with zero attached hydrogens (tertiary/aromatic N) is 5. The van der Waals surface area contributed by atoms with Gasteiger partial charge in [0.25, 0.3) is 10.0 Å². The lowest BCUT2D eigenvalue weighted by molar-refractivity contribution is 0.246. The van der Waals surface area contributed by atoms with Crippen LogP contribution in [0.5, 0.6) is 0 Å². The number of anilines is 1. The quantitative estimate of drug-likeness (QED) is 0.828. The van der Waals surface area contributed by atoms with Gasteiger partial charge in [0, 0.05) is 51.0 Å². The fourth-order valence-electron chi connectivity index (χ4n) is 4.03. The topological polar surface area (TPSA) is 71.3 Å². The van der Waals surface area contributed by atoms with Crippen molar-refractivity contribution in [2.75, 3.05) is 31.1 Å². The van der Waals surface area contributed by atoms with Gasteiger partial charge >= 0.3 is 0 Å². The fourth-order valence-corrected chi connectivity index (χ4v) is 5.55. The molecule has 0 bridgehead atoms. The molecule has 8 heteroatoms. The van der Waals surface area contributed by atoms with Crippen LogP contribution in [0, 0.1) is 5.41 Å². The molecule has 25 heavy (non-hydrogen) atoms. The second kappa shape index (κ2) is 6.10. The molecule has 134 valence electrons. The van der Waals surface area contributed by atoms with E-state index in [0.717, 1.165) is 38.2 Å². The van der Waals surface area contributed by atoms with Crippen LogP contribution < -0.4 is 4.90 Å². The minimum atomic E-state index is -3.51. The van der Waals surface area contributed by atoms with E-state index in [0.29, 0.717) is 13.1 Å². The van der Waals surface area contributed by atoms with Gasteiger partial charge in [-0.2, -0.15) is 4.31 Å². The molecule has 4 heterocycles. The van der Waals surface area contributed by atoms with E-state index in [2.05, 4.69) is 14.9 Å². The van der Waals surface area contributed by atoms with Crippen LogP contribution in [0.15, 0.2) is 41.9 Å². The first-order chi connectivity index (χ1) is 12.0. The molecule has 2 aromatic rings. The smallest absolute Gasteiger partial charge is 0.262 e. The molecule has 0 aliphatic carbocycles. The second-order valence-corrected chi connectivity index (χ2v) is 9.06. The number of piperidine rings is 1. The number of pyridine rings is 1. The lowest BCUT2D eigenvalue weighted by Gasteiger charge is -2.41. The van der Waals surface area contributed by atoms with Gasteiger partial charge in [-0.25, -0.2) is 18.4 Å². The van der Waals surface area contributed by atoms with Crippen molar-refractivity contribution < 1.29 is 8.42 Å². The molecular weight excluding hydrogens is 338 g/mol. The normalized spacial score (nSPS) is 24.9. The number of hydrogen-bond acceptors (Lipinski definition) is 5. The average molecular weight is 361 g/mol. The molecule has 1 spiro atoms. The van der Waals surface area contributed by atoms with Gasteiger partial charge < -0.3 is 9.47 Å². The van der Waals surface area contributed by atoms with Crippen LogP contribution in [0.2, 0.25) is 0 Å². The summed E-state index contributed by atoms with van der Waals surface area (Å²) >= 11 is 0. The summed E-state index contributed by atoms with van der Waals surface area (Å²) in [6.45, 7) is 2.97. The van der Waals surface area contributed by atoms with Crippen molar-refractivity contribution in [3.63, 3.8) is 0 Å². The number of sulfonamides is 1. The van der Waals surface area contributed by atoms with Gasteiger partial charge in [0.2, 0.25) is 0 Å². The van der Waals surface area contributed by atoms with Crippen molar-refractivity contribution in [2.45, 2.75) is 24.3 Å².